The average Bonchev–Trinajstić information content (AvgIpc) is 2.71. The zero-order valence-corrected chi connectivity index (χ0v) is 14.4. The highest BCUT2D eigenvalue weighted by molar-refractivity contribution is 5.87. The zero-order valence-electron chi connectivity index (χ0n) is 14.4. The molecule has 1 heterocycles. The molecular weight excluding hydrogens is 340 g/mol. The Bertz CT molecular complexity index is 1020. The Morgan fingerprint density at radius 2 is 1.85 bits per heavy atom. The van der Waals surface area contributed by atoms with E-state index in [9.17, 15) is 10.1 Å². The zero-order chi connectivity index (χ0) is 19.1. The summed E-state index contributed by atoms with van der Waals surface area (Å²) in [7, 11) is 0. The van der Waals surface area contributed by atoms with E-state index in [1.54, 1.807) is 18.2 Å². The molecule has 0 radical (unpaired) electrons. The summed E-state index contributed by atoms with van der Waals surface area (Å²) < 4.78 is 5.90. The number of rotatable bonds is 6. The van der Waals surface area contributed by atoms with Crippen LogP contribution in [0.4, 0.5) is 0 Å². The molecule has 1 aromatic heterocycles. The maximum absolute atomic E-state index is 10.9. The van der Waals surface area contributed by atoms with Gasteiger partial charge < -0.3 is 9.84 Å². The molecule has 5 nitrogen and oxygen atoms in total. The smallest absolute Gasteiger partial charge is 0.337 e. The Balaban J connectivity index is 1.76. The van der Waals surface area contributed by atoms with Crippen molar-refractivity contribution in [2.24, 2.45) is 0 Å². The number of hydrogen-bond donors (Lipinski definition) is 1. The number of benzene rings is 2. The largest absolute Gasteiger partial charge is 0.488 e. The molecule has 5 heteroatoms. The number of para-hydroxylation sites is 1. The van der Waals surface area contributed by atoms with Gasteiger partial charge in [0.05, 0.1) is 22.9 Å². The summed E-state index contributed by atoms with van der Waals surface area (Å²) in [6, 6.07) is 20.2. The summed E-state index contributed by atoms with van der Waals surface area (Å²) in [6.45, 7) is 0.292. The summed E-state index contributed by atoms with van der Waals surface area (Å²) in [5, 5.41) is 18.1. The van der Waals surface area contributed by atoms with Crippen molar-refractivity contribution in [2.45, 2.75) is 6.61 Å². The van der Waals surface area contributed by atoms with Crippen LogP contribution in [-0.2, 0) is 6.61 Å². The van der Waals surface area contributed by atoms with E-state index < -0.39 is 5.97 Å². The SMILES string of the molecule is N#Cc1ccccc1COc1ccccc1/C=C/c1ccc(C(=O)O)cn1. The highest BCUT2D eigenvalue weighted by Gasteiger charge is 2.05. The van der Waals surface area contributed by atoms with E-state index in [0.29, 0.717) is 23.6 Å². The van der Waals surface area contributed by atoms with Crippen LogP contribution in [0, 0.1) is 11.3 Å². The highest BCUT2D eigenvalue weighted by atomic mass is 16.5. The summed E-state index contributed by atoms with van der Waals surface area (Å²) in [5.41, 5.74) is 3.06. The molecule has 132 valence electrons. The van der Waals surface area contributed by atoms with Crippen molar-refractivity contribution in [2.75, 3.05) is 0 Å². The molecule has 0 aliphatic rings. The predicted octanol–water partition coefficient (Wildman–Crippen LogP) is 4.40. The standard InChI is InChI=1S/C22H16N2O3/c23-13-17-6-1-2-7-19(17)15-27-21-8-4-3-5-16(21)9-11-20-12-10-18(14-24-20)22(25)26/h1-12,14H,15H2,(H,25,26)/b11-9+. The van der Waals surface area contributed by atoms with Crippen LogP contribution < -0.4 is 4.74 Å². The van der Waals surface area contributed by atoms with Crippen molar-refractivity contribution in [3.63, 3.8) is 0 Å². The van der Waals surface area contributed by atoms with Gasteiger partial charge in [-0.3, -0.25) is 4.98 Å². The Morgan fingerprint density at radius 3 is 2.59 bits per heavy atom. The van der Waals surface area contributed by atoms with Crippen molar-refractivity contribution in [3.05, 3.63) is 94.8 Å². The van der Waals surface area contributed by atoms with Gasteiger partial charge in [0, 0.05) is 17.3 Å². The number of ether oxygens (including phenoxy) is 1. The van der Waals surface area contributed by atoms with Gasteiger partial charge in [0.15, 0.2) is 0 Å². The van der Waals surface area contributed by atoms with Gasteiger partial charge >= 0.3 is 5.97 Å². The van der Waals surface area contributed by atoms with E-state index in [0.717, 1.165) is 11.1 Å². The lowest BCUT2D eigenvalue weighted by atomic mass is 10.1. The number of hydrogen-bond acceptors (Lipinski definition) is 4. The van der Waals surface area contributed by atoms with Gasteiger partial charge in [-0.15, -0.1) is 0 Å². The number of aromatic nitrogens is 1. The minimum absolute atomic E-state index is 0.145. The molecule has 3 aromatic rings. The van der Waals surface area contributed by atoms with Crippen LogP contribution >= 0.6 is 0 Å². The van der Waals surface area contributed by atoms with Gasteiger partial charge in [-0.2, -0.15) is 5.26 Å². The van der Waals surface area contributed by atoms with Crippen LogP contribution in [0.3, 0.4) is 0 Å². The molecule has 0 aliphatic heterocycles. The molecule has 2 aromatic carbocycles. The number of nitrogens with zero attached hydrogens (tertiary/aromatic N) is 2. The fraction of sp³-hybridized carbons (Fsp3) is 0.0455. The maximum atomic E-state index is 10.9. The lowest BCUT2D eigenvalue weighted by Crippen LogP contribution is -1.99. The quantitative estimate of drug-likeness (QED) is 0.708. The number of nitriles is 1. The third-order valence-electron chi connectivity index (χ3n) is 3.91. The maximum Gasteiger partial charge on any atom is 0.337 e. The topological polar surface area (TPSA) is 83.2 Å². The molecule has 0 atom stereocenters. The predicted molar refractivity (Wildman–Crippen MR) is 102 cm³/mol. The second-order valence-corrected chi connectivity index (χ2v) is 5.71. The fourth-order valence-corrected chi connectivity index (χ4v) is 2.47. The number of pyridine rings is 1. The van der Waals surface area contributed by atoms with Crippen molar-refractivity contribution in [1.29, 1.82) is 5.26 Å². The second kappa shape index (κ2) is 8.45. The fourth-order valence-electron chi connectivity index (χ4n) is 2.47. The molecule has 0 saturated heterocycles. The molecule has 0 saturated carbocycles. The van der Waals surface area contributed by atoms with Gasteiger partial charge in [-0.25, -0.2) is 4.79 Å². The van der Waals surface area contributed by atoms with Crippen molar-refractivity contribution < 1.29 is 14.6 Å². The number of aromatic carboxylic acids is 1. The van der Waals surface area contributed by atoms with Gasteiger partial charge in [-0.1, -0.05) is 36.4 Å². The molecular formula is C22H16N2O3. The molecule has 0 bridgehead atoms. The Labute approximate surface area is 156 Å². The third kappa shape index (κ3) is 4.59. The minimum atomic E-state index is -1.01. The lowest BCUT2D eigenvalue weighted by Gasteiger charge is -2.10. The molecule has 1 N–H and O–H groups in total. The first kappa shape index (κ1) is 17.9. The molecule has 0 fully saturated rings. The second-order valence-electron chi connectivity index (χ2n) is 5.71. The van der Waals surface area contributed by atoms with Crippen LogP contribution in [0.5, 0.6) is 5.75 Å². The monoisotopic (exact) mass is 356 g/mol. The molecule has 0 amide bonds. The summed E-state index contributed by atoms with van der Waals surface area (Å²) in [5.74, 6) is -0.321. The van der Waals surface area contributed by atoms with Crippen LogP contribution in [-0.4, -0.2) is 16.1 Å². The van der Waals surface area contributed by atoms with E-state index in [2.05, 4.69) is 11.1 Å². The first-order chi connectivity index (χ1) is 13.2. The van der Waals surface area contributed by atoms with Crippen molar-refractivity contribution >= 4 is 18.1 Å². The third-order valence-corrected chi connectivity index (χ3v) is 3.91. The average molecular weight is 356 g/mol. The number of carboxylic acid groups (broad SMARTS) is 1. The first-order valence-electron chi connectivity index (χ1n) is 8.24. The first-order valence-corrected chi connectivity index (χ1v) is 8.24. The van der Waals surface area contributed by atoms with E-state index >= 15 is 0 Å². The summed E-state index contributed by atoms with van der Waals surface area (Å²) >= 11 is 0. The number of carboxylic acids is 1. The summed E-state index contributed by atoms with van der Waals surface area (Å²) in [4.78, 5) is 15.0. The van der Waals surface area contributed by atoms with Crippen LogP contribution in [0.2, 0.25) is 0 Å². The van der Waals surface area contributed by atoms with Crippen molar-refractivity contribution in [1.82, 2.24) is 4.98 Å². The lowest BCUT2D eigenvalue weighted by molar-refractivity contribution is 0.0696. The van der Waals surface area contributed by atoms with Gasteiger partial charge in [0.2, 0.25) is 0 Å². The Hall–Kier alpha value is -3.91. The molecule has 27 heavy (non-hydrogen) atoms. The molecule has 0 spiro atoms. The highest BCUT2D eigenvalue weighted by Crippen LogP contribution is 2.22. The van der Waals surface area contributed by atoms with Crippen LogP contribution in [0.1, 0.15) is 32.7 Å². The molecule has 0 aliphatic carbocycles. The van der Waals surface area contributed by atoms with Gasteiger partial charge in [0.25, 0.3) is 0 Å². The number of carbonyl (C=O) groups is 1. The van der Waals surface area contributed by atoms with Crippen molar-refractivity contribution in [3.8, 4) is 11.8 Å². The van der Waals surface area contributed by atoms with E-state index in [-0.39, 0.29) is 5.56 Å². The van der Waals surface area contributed by atoms with E-state index in [1.807, 2.05) is 48.5 Å². The van der Waals surface area contributed by atoms with E-state index in [4.69, 9.17) is 9.84 Å². The summed E-state index contributed by atoms with van der Waals surface area (Å²) in [6.07, 6.45) is 4.97. The van der Waals surface area contributed by atoms with Crippen LogP contribution in [0.15, 0.2) is 66.9 Å². The van der Waals surface area contributed by atoms with Crippen LogP contribution in [0.25, 0.3) is 12.2 Å². The van der Waals surface area contributed by atoms with E-state index in [1.165, 1.54) is 12.3 Å². The van der Waals surface area contributed by atoms with Gasteiger partial charge in [-0.05, 0) is 36.4 Å². The van der Waals surface area contributed by atoms with Gasteiger partial charge in [0.1, 0.15) is 12.4 Å². The normalized spacial score (nSPS) is 10.5. The Morgan fingerprint density at radius 1 is 1.07 bits per heavy atom. The minimum Gasteiger partial charge on any atom is -0.488 e. The molecule has 3 rings (SSSR count). The Kier molecular flexibility index (Phi) is 5.60. The molecule has 0 unspecified atom stereocenters.